The minimum Gasteiger partial charge on any atom is -0.469 e. The number of hydrogen-bond donors (Lipinski definition) is 1. The van der Waals surface area contributed by atoms with Crippen LogP contribution in [0, 0.1) is 0 Å². The van der Waals surface area contributed by atoms with Gasteiger partial charge in [-0.15, -0.1) is 0 Å². The number of carbonyl (C=O) groups excluding carboxylic acids is 3. The van der Waals surface area contributed by atoms with E-state index in [1.54, 1.807) is 24.3 Å². The molecule has 0 bridgehead atoms. The van der Waals surface area contributed by atoms with Gasteiger partial charge in [-0.05, 0) is 24.3 Å². The van der Waals surface area contributed by atoms with Gasteiger partial charge in [-0.2, -0.15) is 0 Å². The van der Waals surface area contributed by atoms with Crippen LogP contribution in [0.15, 0.2) is 24.3 Å². The second kappa shape index (κ2) is 6.58. The smallest absolute Gasteiger partial charge is 0.308 e. The Morgan fingerprint density at radius 3 is 2.67 bits per heavy atom. The first-order chi connectivity index (χ1) is 10.0. The third kappa shape index (κ3) is 3.52. The number of ether oxygens (including phenoxy) is 1. The minimum absolute atomic E-state index is 0.165. The topological polar surface area (TPSA) is 75.7 Å². The van der Waals surface area contributed by atoms with Crippen molar-refractivity contribution in [1.29, 1.82) is 0 Å². The van der Waals surface area contributed by atoms with Crippen molar-refractivity contribution in [3.63, 3.8) is 0 Å². The molecule has 21 heavy (non-hydrogen) atoms. The van der Waals surface area contributed by atoms with E-state index < -0.39 is 12.0 Å². The molecule has 0 aromatic heterocycles. The third-order valence-corrected chi connectivity index (χ3v) is 3.52. The molecule has 0 unspecified atom stereocenters. The lowest BCUT2D eigenvalue weighted by Gasteiger charge is -2.34. The molecule has 1 atom stereocenters. The zero-order valence-electron chi connectivity index (χ0n) is 11.5. The van der Waals surface area contributed by atoms with Gasteiger partial charge < -0.3 is 15.0 Å². The van der Waals surface area contributed by atoms with E-state index in [0.717, 1.165) is 0 Å². The summed E-state index contributed by atoms with van der Waals surface area (Å²) < 4.78 is 4.58. The van der Waals surface area contributed by atoms with Crippen LogP contribution in [0.3, 0.4) is 0 Å². The number of methoxy groups -OCH3 is 1. The number of benzene rings is 1. The van der Waals surface area contributed by atoms with E-state index in [0.29, 0.717) is 23.7 Å². The minimum atomic E-state index is -0.852. The van der Waals surface area contributed by atoms with E-state index in [4.69, 9.17) is 11.6 Å². The highest BCUT2D eigenvalue weighted by atomic mass is 35.5. The molecule has 0 saturated carbocycles. The molecule has 0 spiro atoms. The van der Waals surface area contributed by atoms with Gasteiger partial charge in [0.1, 0.15) is 6.04 Å². The van der Waals surface area contributed by atoms with Gasteiger partial charge in [-0.25, -0.2) is 0 Å². The van der Waals surface area contributed by atoms with Crippen LogP contribution in [0.1, 0.15) is 16.8 Å². The van der Waals surface area contributed by atoms with Gasteiger partial charge in [0.15, 0.2) is 0 Å². The summed E-state index contributed by atoms with van der Waals surface area (Å²) in [4.78, 5) is 37.2. The predicted octanol–water partition coefficient (Wildman–Crippen LogP) is 0.844. The first kappa shape index (κ1) is 15.3. The molecule has 2 amide bonds. The summed E-state index contributed by atoms with van der Waals surface area (Å²) in [7, 11) is 1.24. The van der Waals surface area contributed by atoms with Gasteiger partial charge in [0.25, 0.3) is 5.91 Å². The average molecular weight is 311 g/mol. The average Bonchev–Trinajstić information content (AvgIpc) is 2.49. The Morgan fingerprint density at radius 2 is 2.05 bits per heavy atom. The Balaban J connectivity index is 2.21. The van der Waals surface area contributed by atoms with E-state index >= 15 is 0 Å². The van der Waals surface area contributed by atoms with E-state index in [-0.39, 0.29) is 18.2 Å². The van der Waals surface area contributed by atoms with Crippen molar-refractivity contribution in [3.05, 3.63) is 34.9 Å². The standard InChI is InChI=1S/C14H15ClN2O4/c1-21-12(18)8-11-13(19)16-6-7-17(11)14(20)9-2-4-10(15)5-3-9/h2-5,11H,6-8H2,1H3,(H,16,19)/t11-/m0/s1. The van der Waals surface area contributed by atoms with Gasteiger partial charge in [-0.3, -0.25) is 14.4 Å². The maximum Gasteiger partial charge on any atom is 0.308 e. The van der Waals surface area contributed by atoms with E-state index in [9.17, 15) is 14.4 Å². The Morgan fingerprint density at radius 1 is 1.38 bits per heavy atom. The fraction of sp³-hybridized carbons (Fsp3) is 0.357. The number of nitrogens with zero attached hydrogens (tertiary/aromatic N) is 1. The highest BCUT2D eigenvalue weighted by molar-refractivity contribution is 6.30. The van der Waals surface area contributed by atoms with Crippen molar-refractivity contribution < 1.29 is 19.1 Å². The van der Waals surface area contributed by atoms with Crippen molar-refractivity contribution >= 4 is 29.4 Å². The van der Waals surface area contributed by atoms with E-state index in [2.05, 4.69) is 10.1 Å². The molecule has 1 heterocycles. The fourth-order valence-electron chi connectivity index (χ4n) is 2.16. The second-order valence-electron chi connectivity index (χ2n) is 4.59. The molecular weight excluding hydrogens is 296 g/mol. The SMILES string of the molecule is COC(=O)C[C@H]1C(=O)NCCN1C(=O)c1ccc(Cl)cc1. The predicted molar refractivity (Wildman–Crippen MR) is 75.9 cm³/mol. The van der Waals surface area contributed by atoms with Gasteiger partial charge in [-0.1, -0.05) is 11.6 Å². The number of amides is 2. The monoisotopic (exact) mass is 310 g/mol. The van der Waals surface area contributed by atoms with Crippen LogP contribution in [-0.2, 0) is 14.3 Å². The molecule has 0 aliphatic carbocycles. The number of hydrogen-bond acceptors (Lipinski definition) is 4. The summed E-state index contributed by atoms with van der Waals surface area (Å²) in [5, 5.41) is 3.17. The Bertz CT molecular complexity index is 559. The molecule has 1 aromatic rings. The van der Waals surface area contributed by atoms with Crippen LogP contribution in [0.25, 0.3) is 0 Å². The van der Waals surface area contributed by atoms with Crippen LogP contribution in [0.5, 0.6) is 0 Å². The summed E-state index contributed by atoms with van der Waals surface area (Å²) in [6.07, 6.45) is -0.165. The Hall–Kier alpha value is -2.08. The second-order valence-corrected chi connectivity index (χ2v) is 5.03. The number of nitrogens with one attached hydrogen (secondary N) is 1. The number of carbonyl (C=O) groups is 3. The van der Waals surface area contributed by atoms with Crippen molar-refractivity contribution in [2.24, 2.45) is 0 Å². The summed E-state index contributed by atoms with van der Waals surface area (Å²) in [6.45, 7) is 0.699. The lowest BCUT2D eigenvalue weighted by atomic mass is 10.1. The summed E-state index contributed by atoms with van der Waals surface area (Å²) in [6, 6.07) is 5.54. The normalized spacial score (nSPS) is 18.1. The van der Waals surface area contributed by atoms with Crippen LogP contribution in [-0.4, -0.2) is 48.9 Å². The number of rotatable bonds is 3. The molecule has 2 rings (SSSR count). The molecule has 1 saturated heterocycles. The van der Waals surface area contributed by atoms with Gasteiger partial charge in [0.2, 0.25) is 5.91 Å². The lowest BCUT2D eigenvalue weighted by molar-refractivity contribution is -0.145. The molecule has 0 radical (unpaired) electrons. The van der Waals surface area contributed by atoms with Gasteiger partial charge in [0, 0.05) is 23.7 Å². The Labute approximate surface area is 127 Å². The molecule has 1 aromatic carbocycles. The first-order valence-electron chi connectivity index (χ1n) is 6.44. The van der Waals surface area contributed by atoms with Crippen molar-refractivity contribution in [2.75, 3.05) is 20.2 Å². The third-order valence-electron chi connectivity index (χ3n) is 3.27. The molecule has 1 aliphatic heterocycles. The number of piperazine rings is 1. The summed E-state index contributed by atoms with van der Waals surface area (Å²) >= 11 is 5.79. The molecule has 7 heteroatoms. The molecular formula is C14H15ClN2O4. The fourth-order valence-corrected chi connectivity index (χ4v) is 2.29. The van der Waals surface area contributed by atoms with Crippen molar-refractivity contribution in [3.8, 4) is 0 Å². The van der Waals surface area contributed by atoms with Gasteiger partial charge in [0.05, 0.1) is 13.5 Å². The van der Waals surface area contributed by atoms with Crippen LogP contribution >= 0.6 is 11.6 Å². The van der Waals surface area contributed by atoms with Gasteiger partial charge >= 0.3 is 5.97 Å². The largest absolute Gasteiger partial charge is 0.469 e. The van der Waals surface area contributed by atoms with E-state index in [1.165, 1.54) is 12.0 Å². The van der Waals surface area contributed by atoms with Crippen molar-refractivity contribution in [2.45, 2.75) is 12.5 Å². The zero-order chi connectivity index (χ0) is 15.4. The van der Waals surface area contributed by atoms with E-state index in [1.807, 2.05) is 0 Å². The lowest BCUT2D eigenvalue weighted by Crippen LogP contribution is -2.57. The van der Waals surface area contributed by atoms with Crippen LogP contribution < -0.4 is 5.32 Å². The summed E-state index contributed by atoms with van der Waals surface area (Å²) in [5.41, 5.74) is 0.420. The number of halogens is 1. The molecule has 1 fully saturated rings. The number of esters is 1. The maximum absolute atomic E-state index is 12.5. The highest BCUT2D eigenvalue weighted by Crippen LogP contribution is 2.16. The zero-order valence-corrected chi connectivity index (χ0v) is 12.2. The maximum atomic E-state index is 12.5. The Kier molecular flexibility index (Phi) is 4.80. The van der Waals surface area contributed by atoms with Crippen LogP contribution in [0.4, 0.5) is 0 Å². The molecule has 6 nitrogen and oxygen atoms in total. The molecule has 112 valence electrons. The first-order valence-corrected chi connectivity index (χ1v) is 6.82. The molecule has 1 N–H and O–H groups in total. The summed E-state index contributed by atoms with van der Waals surface area (Å²) in [5.74, 6) is -1.20. The molecule has 1 aliphatic rings. The quantitative estimate of drug-likeness (QED) is 0.840. The highest BCUT2D eigenvalue weighted by Gasteiger charge is 2.35. The van der Waals surface area contributed by atoms with Crippen molar-refractivity contribution in [1.82, 2.24) is 10.2 Å². The van der Waals surface area contributed by atoms with Crippen LogP contribution in [0.2, 0.25) is 5.02 Å².